The zero-order chi connectivity index (χ0) is 13.8. The smallest absolute Gasteiger partial charge is 0.0534 e. The summed E-state index contributed by atoms with van der Waals surface area (Å²) < 4.78 is 5.88. The summed E-state index contributed by atoms with van der Waals surface area (Å²) in [5.74, 6) is 0.578. The quantitative estimate of drug-likeness (QED) is 0.475. The fraction of sp³-hybridized carbons (Fsp3) is 0.667. The second-order valence-electron chi connectivity index (χ2n) is 5.39. The number of benzene rings is 1. The van der Waals surface area contributed by atoms with Crippen LogP contribution in [0.4, 0.5) is 0 Å². The Morgan fingerprint density at radius 3 is 2.26 bits per heavy atom. The molecule has 0 aliphatic rings. The van der Waals surface area contributed by atoms with E-state index in [1.54, 1.807) is 0 Å². The molecule has 0 heterocycles. The van der Waals surface area contributed by atoms with Crippen molar-refractivity contribution in [2.45, 2.75) is 64.7 Å². The third kappa shape index (κ3) is 7.37. The lowest BCUT2D eigenvalue weighted by Crippen LogP contribution is -2.09. The highest BCUT2D eigenvalue weighted by Crippen LogP contribution is 2.23. The molecular formula is C18H30O. The largest absolute Gasteiger partial charge is 0.381 e. The fourth-order valence-corrected chi connectivity index (χ4v) is 2.39. The van der Waals surface area contributed by atoms with E-state index in [1.807, 2.05) is 0 Å². The van der Waals surface area contributed by atoms with E-state index in [0.717, 1.165) is 13.2 Å². The van der Waals surface area contributed by atoms with Crippen molar-refractivity contribution in [3.63, 3.8) is 0 Å². The summed E-state index contributed by atoms with van der Waals surface area (Å²) in [6, 6.07) is 10.9. The summed E-state index contributed by atoms with van der Waals surface area (Å²) in [4.78, 5) is 0. The number of hydrogen-bond donors (Lipinski definition) is 0. The van der Waals surface area contributed by atoms with E-state index in [4.69, 9.17) is 4.74 Å². The zero-order valence-electron chi connectivity index (χ0n) is 12.7. The van der Waals surface area contributed by atoms with Crippen LogP contribution in [0, 0.1) is 0 Å². The van der Waals surface area contributed by atoms with Crippen molar-refractivity contribution >= 4 is 0 Å². The van der Waals surface area contributed by atoms with Crippen LogP contribution >= 0.6 is 0 Å². The lowest BCUT2D eigenvalue weighted by atomic mass is 9.94. The first-order valence-electron chi connectivity index (χ1n) is 8.01. The molecule has 1 heteroatoms. The molecule has 0 radical (unpaired) electrons. The summed E-state index contributed by atoms with van der Waals surface area (Å²) in [6.45, 7) is 6.30. The van der Waals surface area contributed by atoms with Crippen LogP contribution in [0.25, 0.3) is 0 Å². The Morgan fingerprint density at radius 1 is 0.895 bits per heavy atom. The van der Waals surface area contributed by atoms with Gasteiger partial charge in [0.1, 0.15) is 0 Å². The van der Waals surface area contributed by atoms with Crippen molar-refractivity contribution in [3.8, 4) is 0 Å². The van der Waals surface area contributed by atoms with E-state index >= 15 is 0 Å². The standard InChI is InChI=1S/C18H30O/c1-3-5-8-14-18(16-19-15-11-6-4-2)17-12-9-7-10-13-17/h7,9-10,12-13,18H,3-6,8,11,14-16H2,1-2H3. The molecule has 0 aromatic heterocycles. The topological polar surface area (TPSA) is 9.23 Å². The third-order valence-electron chi connectivity index (χ3n) is 3.64. The molecule has 1 aromatic carbocycles. The second kappa shape index (κ2) is 11.0. The van der Waals surface area contributed by atoms with Crippen LogP contribution in [0.15, 0.2) is 30.3 Å². The van der Waals surface area contributed by atoms with Gasteiger partial charge in [-0.25, -0.2) is 0 Å². The summed E-state index contributed by atoms with van der Waals surface area (Å²) in [6.07, 6.45) is 8.94. The van der Waals surface area contributed by atoms with Gasteiger partial charge in [0.05, 0.1) is 6.61 Å². The summed E-state index contributed by atoms with van der Waals surface area (Å²) in [5.41, 5.74) is 1.44. The van der Waals surface area contributed by atoms with Gasteiger partial charge >= 0.3 is 0 Å². The van der Waals surface area contributed by atoms with Gasteiger partial charge in [-0.15, -0.1) is 0 Å². The molecule has 1 atom stereocenters. The minimum Gasteiger partial charge on any atom is -0.381 e. The molecule has 0 aliphatic carbocycles. The summed E-state index contributed by atoms with van der Waals surface area (Å²) in [5, 5.41) is 0. The minimum atomic E-state index is 0.578. The number of unbranched alkanes of at least 4 members (excludes halogenated alkanes) is 4. The van der Waals surface area contributed by atoms with Gasteiger partial charge < -0.3 is 4.74 Å². The highest BCUT2D eigenvalue weighted by atomic mass is 16.5. The number of rotatable bonds is 11. The maximum Gasteiger partial charge on any atom is 0.0534 e. The average Bonchev–Trinajstić information content (AvgIpc) is 2.46. The minimum absolute atomic E-state index is 0.578. The van der Waals surface area contributed by atoms with E-state index in [1.165, 1.54) is 50.5 Å². The molecule has 0 amide bonds. The monoisotopic (exact) mass is 262 g/mol. The Kier molecular flexibility index (Phi) is 9.44. The molecule has 0 N–H and O–H groups in total. The molecule has 0 saturated heterocycles. The predicted octanol–water partition coefficient (Wildman–Crippen LogP) is 5.56. The fourth-order valence-electron chi connectivity index (χ4n) is 2.39. The normalized spacial score (nSPS) is 12.5. The highest BCUT2D eigenvalue weighted by molar-refractivity contribution is 5.19. The van der Waals surface area contributed by atoms with Crippen molar-refractivity contribution in [2.75, 3.05) is 13.2 Å². The summed E-state index contributed by atoms with van der Waals surface area (Å²) >= 11 is 0. The van der Waals surface area contributed by atoms with Gasteiger partial charge in [-0.2, -0.15) is 0 Å². The Labute approximate surface area is 119 Å². The molecule has 0 spiro atoms. The van der Waals surface area contributed by atoms with E-state index in [9.17, 15) is 0 Å². The molecule has 0 aliphatic heterocycles. The Balaban J connectivity index is 2.36. The third-order valence-corrected chi connectivity index (χ3v) is 3.64. The zero-order valence-corrected chi connectivity index (χ0v) is 12.7. The van der Waals surface area contributed by atoms with Gasteiger partial charge in [0, 0.05) is 12.5 Å². The summed E-state index contributed by atoms with van der Waals surface area (Å²) in [7, 11) is 0. The lowest BCUT2D eigenvalue weighted by Gasteiger charge is -2.17. The van der Waals surface area contributed by atoms with Crippen molar-refractivity contribution in [3.05, 3.63) is 35.9 Å². The van der Waals surface area contributed by atoms with E-state index < -0.39 is 0 Å². The van der Waals surface area contributed by atoms with Crippen LogP contribution in [0.2, 0.25) is 0 Å². The molecule has 1 rings (SSSR count). The number of ether oxygens (including phenoxy) is 1. The SMILES string of the molecule is CCCCCOCC(CCCCC)c1ccccc1. The Morgan fingerprint density at radius 2 is 1.58 bits per heavy atom. The second-order valence-corrected chi connectivity index (χ2v) is 5.39. The number of hydrogen-bond acceptors (Lipinski definition) is 1. The first-order chi connectivity index (χ1) is 9.38. The van der Waals surface area contributed by atoms with Crippen molar-refractivity contribution in [1.29, 1.82) is 0 Å². The maximum atomic E-state index is 5.88. The molecule has 1 unspecified atom stereocenters. The van der Waals surface area contributed by atoms with E-state index in [0.29, 0.717) is 5.92 Å². The van der Waals surface area contributed by atoms with Crippen LogP contribution in [0.3, 0.4) is 0 Å². The molecule has 1 nitrogen and oxygen atoms in total. The van der Waals surface area contributed by atoms with Gasteiger partial charge in [-0.05, 0) is 18.4 Å². The van der Waals surface area contributed by atoms with Crippen LogP contribution in [-0.4, -0.2) is 13.2 Å². The first kappa shape index (κ1) is 16.2. The van der Waals surface area contributed by atoms with Crippen LogP contribution in [0.1, 0.15) is 70.3 Å². The Hall–Kier alpha value is -0.820. The van der Waals surface area contributed by atoms with E-state index in [2.05, 4.69) is 44.2 Å². The van der Waals surface area contributed by atoms with Gasteiger partial charge in [0.15, 0.2) is 0 Å². The van der Waals surface area contributed by atoms with Gasteiger partial charge in [0.2, 0.25) is 0 Å². The molecule has 19 heavy (non-hydrogen) atoms. The van der Waals surface area contributed by atoms with Gasteiger partial charge in [0.25, 0.3) is 0 Å². The van der Waals surface area contributed by atoms with Crippen LogP contribution in [0.5, 0.6) is 0 Å². The Bertz CT molecular complexity index is 294. The maximum absolute atomic E-state index is 5.88. The lowest BCUT2D eigenvalue weighted by molar-refractivity contribution is 0.113. The highest BCUT2D eigenvalue weighted by Gasteiger charge is 2.11. The predicted molar refractivity (Wildman–Crippen MR) is 83.7 cm³/mol. The van der Waals surface area contributed by atoms with Gasteiger partial charge in [-0.3, -0.25) is 0 Å². The van der Waals surface area contributed by atoms with E-state index in [-0.39, 0.29) is 0 Å². The average molecular weight is 262 g/mol. The van der Waals surface area contributed by atoms with Gasteiger partial charge in [-0.1, -0.05) is 76.3 Å². The molecule has 0 saturated carbocycles. The molecule has 0 bridgehead atoms. The van der Waals surface area contributed by atoms with Crippen molar-refractivity contribution in [1.82, 2.24) is 0 Å². The molecule has 0 fully saturated rings. The first-order valence-corrected chi connectivity index (χ1v) is 8.01. The molecule has 108 valence electrons. The molecule has 1 aromatic rings. The van der Waals surface area contributed by atoms with Crippen LogP contribution < -0.4 is 0 Å². The van der Waals surface area contributed by atoms with Crippen molar-refractivity contribution < 1.29 is 4.74 Å². The molecular weight excluding hydrogens is 232 g/mol. The van der Waals surface area contributed by atoms with Crippen molar-refractivity contribution in [2.24, 2.45) is 0 Å². The van der Waals surface area contributed by atoms with Crippen LogP contribution in [-0.2, 0) is 4.74 Å².